The monoisotopic (exact) mass is 655 g/mol. The molecule has 10 heteroatoms. The van der Waals surface area contributed by atoms with E-state index in [2.05, 4.69) is 19.1 Å². The number of hydrogen-bond acceptors (Lipinski definition) is 7. The van der Waals surface area contributed by atoms with Gasteiger partial charge < -0.3 is 24.2 Å². The fraction of sp³-hybridized carbons (Fsp3) is 0.474. The second-order valence-corrected chi connectivity index (χ2v) is 14.5. The van der Waals surface area contributed by atoms with Crippen LogP contribution in [0.25, 0.3) is 0 Å². The normalized spacial score (nSPS) is 21.1. The molecule has 0 saturated carbocycles. The fourth-order valence-corrected chi connectivity index (χ4v) is 6.50. The lowest BCUT2D eigenvalue weighted by atomic mass is 9.86. The zero-order valence-electron chi connectivity index (χ0n) is 29.3. The summed E-state index contributed by atoms with van der Waals surface area (Å²) in [7, 11) is 3.38. The van der Waals surface area contributed by atoms with E-state index in [1.165, 1.54) is 4.90 Å². The van der Waals surface area contributed by atoms with Crippen molar-refractivity contribution >= 4 is 23.6 Å². The topological polar surface area (TPSA) is 95.5 Å². The van der Waals surface area contributed by atoms with Gasteiger partial charge in [-0.15, -0.1) is 0 Å². The number of aromatic nitrogens is 1. The Morgan fingerprint density at radius 3 is 2.25 bits per heavy atom. The van der Waals surface area contributed by atoms with Gasteiger partial charge in [-0.3, -0.25) is 19.5 Å². The molecule has 1 unspecified atom stereocenters. The third-order valence-electron chi connectivity index (χ3n) is 8.98. The molecule has 0 spiro atoms. The van der Waals surface area contributed by atoms with Crippen LogP contribution in [0.2, 0.25) is 0 Å². The van der Waals surface area contributed by atoms with E-state index in [0.717, 1.165) is 28.1 Å². The summed E-state index contributed by atoms with van der Waals surface area (Å²) in [6.45, 7) is 11.3. The van der Waals surface area contributed by atoms with Gasteiger partial charge in [0.05, 0.1) is 25.4 Å². The molecule has 10 nitrogen and oxygen atoms in total. The Kier molecular flexibility index (Phi) is 10.6. The average molecular weight is 656 g/mol. The van der Waals surface area contributed by atoms with Gasteiger partial charge >= 0.3 is 6.09 Å². The van der Waals surface area contributed by atoms with Crippen molar-refractivity contribution in [3.8, 4) is 0 Å². The van der Waals surface area contributed by atoms with Crippen LogP contribution in [0.1, 0.15) is 57.0 Å². The van der Waals surface area contributed by atoms with E-state index >= 15 is 0 Å². The third kappa shape index (κ3) is 8.22. The molecule has 0 bridgehead atoms. The number of nitrogens with zero attached hydrogens (tertiary/aromatic N) is 5. The molecular weight excluding hydrogens is 606 g/mol. The van der Waals surface area contributed by atoms with Crippen LogP contribution in [0.5, 0.6) is 0 Å². The molecule has 2 aromatic carbocycles. The van der Waals surface area contributed by atoms with E-state index < -0.39 is 23.2 Å². The van der Waals surface area contributed by atoms with E-state index in [4.69, 9.17) is 14.5 Å². The summed E-state index contributed by atoms with van der Waals surface area (Å²) in [4.78, 5) is 52.7. The van der Waals surface area contributed by atoms with Gasteiger partial charge in [0.2, 0.25) is 11.8 Å². The molecule has 3 atom stereocenters. The molecule has 1 fully saturated rings. The average Bonchev–Trinajstić information content (AvgIpc) is 3.32. The summed E-state index contributed by atoms with van der Waals surface area (Å²) in [6, 6.07) is 21.2. The van der Waals surface area contributed by atoms with E-state index in [1.807, 2.05) is 98.3 Å². The van der Waals surface area contributed by atoms with Gasteiger partial charge in [0.1, 0.15) is 11.6 Å². The van der Waals surface area contributed by atoms with E-state index in [1.54, 1.807) is 19.0 Å². The van der Waals surface area contributed by atoms with Crippen LogP contribution in [0.15, 0.2) is 72.9 Å². The molecule has 2 aliphatic heterocycles. The Labute approximate surface area is 284 Å². The van der Waals surface area contributed by atoms with Crippen molar-refractivity contribution in [3.63, 3.8) is 0 Å². The Morgan fingerprint density at radius 2 is 1.62 bits per heavy atom. The SMILES string of the molecule is C[C@@H]1CN(CC(=O)N2CC(C)(COCc3ccccc3)c3cnc(Cc4ccccc4)cc32)[C@@H](C(=O)N(C)C)CN1C(=O)OC(C)(C)C. The predicted molar refractivity (Wildman–Crippen MR) is 186 cm³/mol. The first kappa shape index (κ1) is 35.0. The van der Waals surface area contributed by atoms with Crippen LogP contribution in [0, 0.1) is 0 Å². The second kappa shape index (κ2) is 14.5. The molecule has 5 rings (SSSR count). The van der Waals surface area contributed by atoms with Gasteiger partial charge in [-0.05, 0) is 44.9 Å². The minimum atomic E-state index is -0.693. The molecule has 0 radical (unpaired) electrons. The Balaban J connectivity index is 1.39. The zero-order chi connectivity index (χ0) is 34.6. The quantitative estimate of drug-likeness (QED) is 0.324. The molecule has 2 aliphatic rings. The number of fused-ring (bicyclic) bond motifs is 1. The lowest BCUT2D eigenvalue weighted by Crippen LogP contribution is -2.64. The van der Waals surface area contributed by atoms with Crippen LogP contribution in [-0.2, 0) is 37.5 Å². The molecule has 0 aliphatic carbocycles. The predicted octanol–water partition coefficient (Wildman–Crippen LogP) is 4.89. The standard InChI is InChI=1S/C38H49N5O5/c1-27-21-41(33(35(45)40(6)7)22-42(27)36(46)48-37(2,3)4)23-34(44)43-25-38(5,26-47-24-29-16-12-9-13-17-29)31-20-39-30(19-32(31)43)18-28-14-10-8-11-15-28/h8-17,19-20,27,33H,18,21-26H2,1-7H3/t27-,33-,38?/m1/s1. The maximum absolute atomic E-state index is 14.4. The summed E-state index contributed by atoms with van der Waals surface area (Å²) in [6.07, 6.45) is 2.07. The Hall–Kier alpha value is -4.28. The highest BCUT2D eigenvalue weighted by Gasteiger charge is 2.45. The lowest BCUT2D eigenvalue weighted by Gasteiger charge is -2.45. The molecule has 3 amide bonds. The number of anilines is 1. The number of amides is 3. The highest BCUT2D eigenvalue weighted by Crippen LogP contribution is 2.41. The minimum Gasteiger partial charge on any atom is -0.444 e. The summed E-state index contributed by atoms with van der Waals surface area (Å²) in [5, 5.41) is 0. The maximum Gasteiger partial charge on any atom is 0.410 e. The molecule has 3 aromatic rings. The summed E-state index contributed by atoms with van der Waals surface area (Å²) < 4.78 is 11.9. The minimum absolute atomic E-state index is 0.0213. The number of carbonyl (C=O) groups excluding carboxylic acids is 3. The van der Waals surface area contributed by atoms with Crippen LogP contribution in [0.3, 0.4) is 0 Å². The summed E-state index contributed by atoms with van der Waals surface area (Å²) in [5.41, 5.74) is 3.72. The highest BCUT2D eigenvalue weighted by molar-refractivity contribution is 5.98. The van der Waals surface area contributed by atoms with Crippen LogP contribution in [0.4, 0.5) is 10.5 Å². The first-order valence-corrected chi connectivity index (χ1v) is 16.6. The number of rotatable bonds is 9. The zero-order valence-corrected chi connectivity index (χ0v) is 29.3. The largest absolute Gasteiger partial charge is 0.444 e. The number of hydrogen-bond donors (Lipinski definition) is 0. The smallest absolute Gasteiger partial charge is 0.410 e. The van der Waals surface area contributed by atoms with Gasteiger partial charge in [0.15, 0.2) is 0 Å². The molecular formula is C38H49N5O5. The van der Waals surface area contributed by atoms with Crippen molar-refractivity contribution in [2.24, 2.45) is 0 Å². The molecule has 256 valence electrons. The van der Waals surface area contributed by atoms with Gasteiger partial charge in [0.25, 0.3) is 0 Å². The van der Waals surface area contributed by atoms with E-state index in [0.29, 0.717) is 32.7 Å². The number of benzene rings is 2. The maximum atomic E-state index is 14.4. The third-order valence-corrected chi connectivity index (χ3v) is 8.98. The van der Waals surface area contributed by atoms with Gasteiger partial charge in [-0.1, -0.05) is 67.6 Å². The summed E-state index contributed by atoms with van der Waals surface area (Å²) in [5.74, 6) is -0.284. The summed E-state index contributed by atoms with van der Waals surface area (Å²) >= 11 is 0. The van der Waals surface area contributed by atoms with Crippen molar-refractivity contribution in [3.05, 3.63) is 95.3 Å². The van der Waals surface area contributed by atoms with Crippen LogP contribution < -0.4 is 4.90 Å². The first-order chi connectivity index (χ1) is 22.7. The molecule has 3 heterocycles. The number of carbonyl (C=O) groups is 3. The van der Waals surface area contributed by atoms with Gasteiger partial charge in [0, 0.05) is 69.1 Å². The van der Waals surface area contributed by atoms with Crippen molar-refractivity contribution in [2.75, 3.05) is 51.8 Å². The Bertz CT molecular complexity index is 1590. The fourth-order valence-electron chi connectivity index (χ4n) is 6.50. The van der Waals surface area contributed by atoms with Gasteiger partial charge in [-0.2, -0.15) is 0 Å². The molecule has 0 N–H and O–H groups in total. The van der Waals surface area contributed by atoms with Crippen molar-refractivity contribution < 1.29 is 23.9 Å². The van der Waals surface area contributed by atoms with E-state index in [9.17, 15) is 14.4 Å². The molecule has 1 saturated heterocycles. The second-order valence-electron chi connectivity index (χ2n) is 14.5. The van der Waals surface area contributed by atoms with Crippen LogP contribution >= 0.6 is 0 Å². The number of piperazine rings is 1. The van der Waals surface area contributed by atoms with Crippen molar-refractivity contribution in [1.29, 1.82) is 0 Å². The van der Waals surface area contributed by atoms with Gasteiger partial charge in [-0.25, -0.2) is 4.79 Å². The number of pyridine rings is 1. The number of likely N-dealkylation sites (N-methyl/N-ethyl adjacent to an activating group) is 1. The lowest BCUT2D eigenvalue weighted by molar-refractivity contribution is -0.138. The van der Waals surface area contributed by atoms with Crippen molar-refractivity contribution in [2.45, 2.75) is 70.7 Å². The van der Waals surface area contributed by atoms with Crippen molar-refractivity contribution in [1.82, 2.24) is 19.7 Å². The number of ether oxygens (including phenoxy) is 2. The van der Waals surface area contributed by atoms with Crippen LogP contribution in [-0.4, -0.2) is 102 Å². The molecule has 48 heavy (non-hydrogen) atoms. The Morgan fingerprint density at radius 1 is 0.979 bits per heavy atom. The van der Waals surface area contributed by atoms with E-state index in [-0.39, 0.29) is 30.9 Å². The molecule has 1 aromatic heterocycles. The first-order valence-electron chi connectivity index (χ1n) is 16.6. The highest BCUT2D eigenvalue weighted by atomic mass is 16.6.